The van der Waals surface area contributed by atoms with Crippen molar-refractivity contribution in [2.75, 3.05) is 31.1 Å². The molecule has 1 fully saturated rings. The monoisotopic (exact) mass is 379 g/mol. The van der Waals surface area contributed by atoms with Gasteiger partial charge in [0, 0.05) is 48.8 Å². The second-order valence-corrected chi connectivity index (χ2v) is 7.42. The number of hydrogen-bond donors (Lipinski definition) is 0. The molecular formula is C20H25N7O. The molecule has 0 N–H and O–H groups in total. The van der Waals surface area contributed by atoms with Gasteiger partial charge < -0.3 is 9.80 Å². The van der Waals surface area contributed by atoms with Gasteiger partial charge in [-0.15, -0.1) is 0 Å². The van der Waals surface area contributed by atoms with Gasteiger partial charge in [-0.2, -0.15) is 5.10 Å². The number of carbonyl (C=O) groups is 1. The van der Waals surface area contributed by atoms with Crippen molar-refractivity contribution in [1.29, 1.82) is 0 Å². The van der Waals surface area contributed by atoms with Crippen LogP contribution < -0.4 is 4.90 Å². The molecule has 8 nitrogen and oxygen atoms in total. The highest BCUT2D eigenvalue weighted by Crippen LogP contribution is 2.22. The standard InChI is InChI=1S/C20H25N7O/c1-12-10-13(2)27-19(23-12)17(16(5)24-27)20(28)26-8-6-25(7-9-26)18-14(3)15(4)21-11-22-18/h10-11H,6-9H2,1-5H3. The number of carbonyl (C=O) groups excluding carboxylic acids is 1. The van der Waals surface area contributed by atoms with E-state index in [-0.39, 0.29) is 5.91 Å². The van der Waals surface area contributed by atoms with Crippen molar-refractivity contribution in [2.24, 2.45) is 0 Å². The van der Waals surface area contributed by atoms with E-state index >= 15 is 0 Å². The van der Waals surface area contributed by atoms with E-state index in [2.05, 4.69) is 25.0 Å². The second-order valence-electron chi connectivity index (χ2n) is 7.42. The van der Waals surface area contributed by atoms with Gasteiger partial charge in [0.25, 0.3) is 5.91 Å². The summed E-state index contributed by atoms with van der Waals surface area (Å²) in [5, 5.41) is 4.53. The van der Waals surface area contributed by atoms with E-state index in [9.17, 15) is 4.79 Å². The molecule has 8 heteroatoms. The molecule has 0 atom stereocenters. The molecule has 3 aromatic heterocycles. The Morgan fingerprint density at radius 1 is 0.964 bits per heavy atom. The van der Waals surface area contributed by atoms with Gasteiger partial charge >= 0.3 is 0 Å². The summed E-state index contributed by atoms with van der Waals surface area (Å²) < 4.78 is 1.76. The number of rotatable bonds is 2. The molecule has 4 heterocycles. The SMILES string of the molecule is Cc1cc(C)n2nc(C)c(C(=O)N3CCN(c4ncnc(C)c4C)CC3)c2n1. The van der Waals surface area contributed by atoms with Crippen LogP contribution in [0.3, 0.4) is 0 Å². The lowest BCUT2D eigenvalue weighted by molar-refractivity contribution is 0.0747. The van der Waals surface area contributed by atoms with Crippen LogP contribution in [0.4, 0.5) is 5.82 Å². The Bertz CT molecular complexity index is 1060. The molecular weight excluding hydrogens is 354 g/mol. The topological polar surface area (TPSA) is 79.5 Å². The maximum absolute atomic E-state index is 13.3. The number of fused-ring (bicyclic) bond motifs is 1. The van der Waals surface area contributed by atoms with Crippen LogP contribution in [0.2, 0.25) is 0 Å². The minimum atomic E-state index is 0.000222. The van der Waals surface area contributed by atoms with Crippen LogP contribution in [-0.2, 0) is 0 Å². The molecule has 4 rings (SSSR count). The van der Waals surface area contributed by atoms with Crippen molar-refractivity contribution >= 4 is 17.4 Å². The molecule has 0 aromatic carbocycles. The average Bonchev–Trinajstić information content (AvgIpc) is 3.00. The molecule has 1 aliphatic heterocycles. The smallest absolute Gasteiger partial charge is 0.259 e. The van der Waals surface area contributed by atoms with Crippen molar-refractivity contribution in [3.05, 3.63) is 46.3 Å². The number of hydrogen-bond acceptors (Lipinski definition) is 6. The Balaban J connectivity index is 1.57. The molecule has 1 saturated heterocycles. The Morgan fingerprint density at radius 2 is 1.68 bits per heavy atom. The van der Waals surface area contributed by atoms with Crippen LogP contribution >= 0.6 is 0 Å². The zero-order valence-electron chi connectivity index (χ0n) is 17.0. The quantitative estimate of drug-likeness (QED) is 0.678. The van der Waals surface area contributed by atoms with Gasteiger partial charge in [0.1, 0.15) is 17.7 Å². The molecule has 1 aliphatic rings. The zero-order valence-corrected chi connectivity index (χ0v) is 17.0. The third kappa shape index (κ3) is 2.98. The van der Waals surface area contributed by atoms with Crippen LogP contribution in [0.5, 0.6) is 0 Å². The van der Waals surface area contributed by atoms with E-state index in [1.807, 2.05) is 45.6 Å². The van der Waals surface area contributed by atoms with Gasteiger partial charge in [-0.25, -0.2) is 19.5 Å². The van der Waals surface area contributed by atoms with Crippen LogP contribution in [0.15, 0.2) is 12.4 Å². The highest BCUT2D eigenvalue weighted by molar-refractivity contribution is 6.01. The number of nitrogens with zero attached hydrogens (tertiary/aromatic N) is 7. The van der Waals surface area contributed by atoms with E-state index in [0.717, 1.165) is 47.2 Å². The largest absolute Gasteiger partial charge is 0.353 e. The number of aryl methyl sites for hydroxylation is 4. The highest BCUT2D eigenvalue weighted by Gasteiger charge is 2.28. The minimum Gasteiger partial charge on any atom is -0.353 e. The molecule has 0 unspecified atom stereocenters. The Morgan fingerprint density at radius 3 is 2.39 bits per heavy atom. The molecule has 1 amide bonds. The van der Waals surface area contributed by atoms with Crippen molar-refractivity contribution in [3.8, 4) is 0 Å². The van der Waals surface area contributed by atoms with E-state index in [1.54, 1.807) is 10.8 Å². The summed E-state index contributed by atoms with van der Waals surface area (Å²) in [6, 6.07) is 1.97. The predicted molar refractivity (Wildman–Crippen MR) is 107 cm³/mol. The van der Waals surface area contributed by atoms with Crippen molar-refractivity contribution in [1.82, 2.24) is 29.5 Å². The number of aromatic nitrogens is 5. The minimum absolute atomic E-state index is 0.000222. The molecule has 28 heavy (non-hydrogen) atoms. The summed E-state index contributed by atoms with van der Waals surface area (Å²) in [5.74, 6) is 0.958. The van der Waals surface area contributed by atoms with E-state index in [1.165, 1.54) is 0 Å². The Hall–Kier alpha value is -3.03. The van der Waals surface area contributed by atoms with Gasteiger partial charge in [0.15, 0.2) is 5.65 Å². The van der Waals surface area contributed by atoms with Crippen LogP contribution in [-0.4, -0.2) is 61.6 Å². The first-order chi connectivity index (χ1) is 13.4. The molecule has 3 aromatic rings. The van der Waals surface area contributed by atoms with Gasteiger partial charge in [-0.3, -0.25) is 4.79 Å². The first-order valence-electron chi connectivity index (χ1n) is 9.53. The predicted octanol–water partition coefficient (Wildman–Crippen LogP) is 2.02. The van der Waals surface area contributed by atoms with E-state index < -0.39 is 0 Å². The zero-order chi connectivity index (χ0) is 20.0. The lowest BCUT2D eigenvalue weighted by atomic mass is 10.1. The molecule has 0 bridgehead atoms. The van der Waals surface area contributed by atoms with Crippen molar-refractivity contribution < 1.29 is 4.79 Å². The summed E-state index contributed by atoms with van der Waals surface area (Å²) >= 11 is 0. The molecule has 0 radical (unpaired) electrons. The summed E-state index contributed by atoms with van der Waals surface area (Å²) in [5.41, 5.74) is 5.91. The molecule has 146 valence electrons. The second kappa shape index (κ2) is 6.85. The normalized spacial score (nSPS) is 14.8. The van der Waals surface area contributed by atoms with E-state index in [0.29, 0.717) is 24.3 Å². The van der Waals surface area contributed by atoms with Gasteiger partial charge in [-0.05, 0) is 40.7 Å². The molecule has 0 aliphatic carbocycles. The maximum Gasteiger partial charge on any atom is 0.259 e. The third-order valence-corrected chi connectivity index (χ3v) is 5.46. The summed E-state index contributed by atoms with van der Waals surface area (Å²) in [7, 11) is 0. The lowest BCUT2D eigenvalue weighted by Crippen LogP contribution is -2.49. The summed E-state index contributed by atoms with van der Waals surface area (Å²) in [4.78, 5) is 30.7. The number of amides is 1. The Kier molecular flexibility index (Phi) is 4.49. The van der Waals surface area contributed by atoms with Crippen LogP contribution in [0.1, 0.15) is 38.7 Å². The first kappa shape index (κ1) is 18.3. The first-order valence-corrected chi connectivity index (χ1v) is 9.53. The summed E-state index contributed by atoms with van der Waals surface area (Å²) in [6.45, 7) is 12.6. The van der Waals surface area contributed by atoms with Crippen LogP contribution in [0, 0.1) is 34.6 Å². The maximum atomic E-state index is 13.3. The fourth-order valence-electron chi connectivity index (χ4n) is 3.80. The Labute approximate surface area is 164 Å². The highest BCUT2D eigenvalue weighted by atomic mass is 16.2. The van der Waals surface area contributed by atoms with Gasteiger partial charge in [-0.1, -0.05) is 0 Å². The molecule has 0 saturated carbocycles. The number of piperazine rings is 1. The fraction of sp³-hybridized carbons (Fsp3) is 0.450. The van der Waals surface area contributed by atoms with Crippen LogP contribution in [0.25, 0.3) is 5.65 Å². The van der Waals surface area contributed by atoms with Crippen molar-refractivity contribution in [2.45, 2.75) is 34.6 Å². The van der Waals surface area contributed by atoms with Gasteiger partial charge in [0.05, 0.1) is 5.69 Å². The summed E-state index contributed by atoms with van der Waals surface area (Å²) in [6.07, 6.45) is 1.61. The van der Waals surface area contributed by atoms with Gasteiger partial charge in [0.2, 0.25) is 0 Å². The average molecular weight is 379 g/mol. The fourth-order valence-corrected chi connectivity index (χ4v) is 3.80. The van der Waals surface area contributed by atoms with E-state index in [4.69, 9.17) is 0 Å². The van der Waals surface area contributed by atoms with Crippen molar-refractivity contribution in [3.63, 3.8) is 0 Å². The number of anilines is 1. The third-order valence-electron chi connectivity index (χ3n) is 5.46. The lowest BCUT2D eigenvalue weighted by Gasteiger charge is -2.36. The molecule has 0 spiro atoms.